The first-order chi connectivity index (χ1) is 9.37. The van der Waals surface area contributed by atoms with Gasteiger partial charge in [-0.05, 0) is 12.1 Å². The Balaban J connectivity index is 2.03. The van der Waals surface area contributed by atoms with Crippen molar-refractivity contribution < 1.29 is 18.0 Å². The van der Waals surface area contributed by atoms with Gasteiger partial charge in [0, 0.05) is 17.7 Å². The van der Waals surface area contributed by atoms with E-state index in [-0.39, 0.29) is 29.6 Å². The molecule has 0 unspecified atom stereocenters. The van der Waals surface area contributed by atoms with Crippen molar-refractivity contribution in [3.63, 3.8) is 0 Å². The standard InChI is InChI=1S/C13H14N2O4S/c14-13(17)10-3-1-2-4-11(10)15-12(16)7-9-5-6-20(18,19)8-9/h1-6,9H,7-8H2,(H2,14,17)(H,15,16)/t9-/m1/s1. The van der Waals surface area contributed by atoms with Crippen LogP contribution in [0.1, 0.15) is 16.8 Å². The molecule has 0 bridgehead atoms. The molecule has 1 heterocycles. The second-order valence-electron chi connectivity index (χ2n) is 4.58. The summed E-state index contributed by atoms with van der Waals surface area (Å²) in [6, 6.07) is 6.39. The predicted molar refractivity (Wildman–Crippen MR) is 74.6 cm³/mol. The van der Waals surface area contributed by atoms with E-state index >= 15 is 0 Å². The molecular weight excluding hydrogens is 280 g/mol. The van der Waals surface area contributed by atoms with Crippen LogP contribution in [0.25, 0.3) is 0 Å². The van der Waals surface area contributed by atoms with Crippen LogP contribution in [0.4, 0.5) is 5.69 Å². The van der Waals surface area contributed by atoms with E-state index in [9.17, 15) is 18.0 Å². The van der Waals surface area contributed by atoms with Crippen molar-refractivity contribution in [1.82, 2.24) is 0 Å². The highest BCUT2D eigenvalue weighted by Crippen LogP contribution is 2.20. The Morgan fingerprint density at radius 1 is 1.30 bits per heavy atom. The largest absolute Gasteiger partial charge is 0.366 e. The number of rotatable bonds is 4. The lowest BCUT2D eigenvalue weighted by Crippen LogP contribution is -2.20. The second-order valence-corrected chi connectivity index (χ2v) is 6.51. The Hall–Kier alpha value is -2.15. The van der Waals surface area contributed by atoms with Crippen molar-refractivity contribution in [3.05, 3.63) is 41.3 Å². The van der Waals surface area contributed by atoms with Gasteiger partial charge in [0.05, 0.1) is 17.0 Å². The van der Waals surface area contributed by atoms with Gasteiger partial charge in [0.1, 0.15) is 0 Å². The number of hydrogen-bond acceptors (Lipinski definition) is 4. The van der Waals surface area contributed by atoms with Crippen LogP contribution in [0.15, 0.2) is 35.7 Å². The molecule has 106 valence electrons. The van der Waals surface area contributed by atoms with E-state index in [2.05, 4.69) is 5.32 Å². The van der Waals surface area contributed by atoms with E-state index in [4.69, 9.17) is 5.73 Å². The van der Waals surface area contributed by atoms with Gasteiger partial charge in [-0.1, -0.05) is 18.2 Å². The molecule has 6 nitrogen and oxygen atoms in total. The highest BCUT2D eigenvalue weighted by atomic mass is 32.2. The van der Waals surface area contributed by atoms with Gasteiger partial charge in [-0.15, -0.1) is 0 Å². The summed E-state index contributed by atoms with van der Waals surface area (Å²) < 4.78 is 22.5. The molecule has 1 atom stereocenters. The number of sulfone groups is 1. The van der Waals surface area contributed by atoms with Crippen LogP contribution in [-0.4, -0.2) is 26.0 Å². The number of anilines is 1. The lowest BCUT2D eigenvalue weighted by Gasteiger charge is -2.10. The normalized spacial score (nSPS) is 19.7. The molecule has 3 N–H and O–H groups in total. The van der Waals surface area contributed by atoms with E-state index in [0.717, 1.165) is 5.41 Å². The van der Waals surface area contributed by atoms with E-state index in [1.165, 1.54) is 12.1 Å². The van der Waals surface area contributed by atoms with Crippen LogP contribution in [0.3, 0.4) is 0 Å². The minimum absolute atomic E-state index is 0.0445. The Morgan fingerprint density at radius 2 is 2.00 bits per heavy atom. The summed E-state index contributed by atoms with van der Waals surface area (Å²) in [5.74, 6) is -1.38. The highest BCUT2D eigenvalue weighted by molar-refractivity contribution is 7.94. The van der Waals surface area contributed by atoms with Crippen molar-refractivity contribution >= 4 is 27.3 Å². The number of amides is 2. The third kappa shape index (κ3) is 3.45. The van der Waals surface area contributed by atoms with Crippen LogP contribution in [0, 0.1) is 5.92 Å². The van der Waals surface area contributed by atoms with Crippen molar-refractivity contribution in [2.45, 2.75) is 6.42 Å². The molecule has 1 aromatic rings. The zero-order valence-corrected chi connectivity index (χ0v) is 11.4. The number of carbonyl (C=O) groups excluding carboxylic acids is 2. The molecule has 0 fully saturated rings. The van der Waals surface area contributed by atoms with Crippen molar-refractivity contribution in [3.8, 4) is 0 Å². The Kier molecular flexibility index (Phi) is 3.89. The number of benzene rings is 1. The van der Waals surface area contributed by atoms with Gasteiger partial charge >= 0.3 is 0 Å². The summed E-state index contributed by atoms with van der Waals surface area (Å²) in [4.78, 5) is 23.1. The van der Waals surface area contributed by atoms with Crippen molar-refractivity contribution in [2.75, 3.05) is 11.1 Å². The molecule has 0 spiro atoms. The average Bonchev–Trinajstić information content (AvgIpc) is 2.68. The number of nitrogens with two attached hydrogens (primary N) is 1. The minimum atomic E-state index is -3.17. The maximum atomic E-state index is 11.9. The molecule has 0 saturated carbocycles. The van der Waals surface area contributed by atoms with Gasteiger partial charge < -0.3 is 11.1 Å². The maximum Gasteiger partial charge on any atom is 0.250 e. The van der Waals surface area contributed by atoms with Crippen LogP contribution in [0.5, 0.6) is 0 Å². The number of hydrogen-bond donors (Lipinski definition) is 2. The summed E-state index contributed by atoms with van der Waals surface area (Å²) >= 11 is 0. The van der Waals surface area contributed by atoms with Crippen molar-refractivity contribution in [1.29, 1.82) is 0 Å². The van der Waals surface area contributed by atoms with Crippen LogP contribution < -0.4 is 11.1 Å². The molecule has 2 amide bonds. The van der Waals surface area contributed by atoms with Crippen LogP contribution >= 0.6 is 0 Å². The van der Waals surface area contributed by atoms with Crippen LogP contribution in [-0.2, 0) is 14.6 Å². The van der Waals surface area contributed by atoms with Crippen LogP contribution in [0.2, 0.25) is 0 Å². The molecular formula is C13H14N2O4S. The molecule has 1 aliphatic rings. The topological polar surface area (TPSA) is 106 Å². The molecule has 20 heavy (non-hydrogen) atoms. The van der Waals surface area contributed by atoms with Gasteiger partial charge in [-0.25, -0.2) is 8.42 Å². The Bertz CT molecular complexity index is 679. The molecule has 1 aromatic carbocycles. The summed E-state index contributed by atoms with van der Waals surface area (Å²) in [6.07, 6.45) is 1.55. The lowest BCUT2D eigenvalue weighted by molar-refractivity contribution is -0.116. The first-order valence-electron chi connectivity index (χ1n) is 5.97. The smallest absolute Gasteiger partial charge is 0.250 e. The Morgan fingerprint density at radius 3 is 2.60 bits per heavy atom. The SMILES string of the molecule is NC(=O)c1ccccc1NC(=O)C[C@H]1C=CS(=O)(=O)C1. The number of allylic oxidation sites excluding steroid dienone is 1. The quantitative estimate of drug-likeness (QED) is 0.851. The summed E-state index contributed by atoms with van der Waals surface area (Å²) in [5.41, 5.74) is 5.76. The monoisotopic (exact) mass is 294 g/mol. The molecule has 7 heteroatoms. The van der Waals surface area contributed by atoms with E-state index < -0.39 is 15.7 Å². The first-order valence-corrected chi connectivity index (χ1v) is 7.68. The number of para-hydroxylation sites is 1. The fraction of sp³-hybridized carbons (Fsp3) is 0.231. The van der Waals surface area contributed by atoms with Gasteiger partial charge in [-0.2, -0.15) is 0 Å². The molecule has 0 aliphatic carbocycles. The fourth-order valence-electron chi connectivity index (χ4n) is 2.01. The van der Waals surface area contributed by atoms with Gasteiger partial charge in [0.25, 0.3) is 5.91 Å². The number of primary amides is 1. The number of carbonyl (C=O) groups is 2. The molecule has 2 rings (SSSR count). The summed E-state index contributed by atoms with van der Waals surface area (Å²) in [6.45, 7) is 0. The van der Waals surface area contributed by atoms with Crippen molar-refractivity contribution in [2.24, 2.45) is 11.7 Å². The highest BCUT2D eigenvalue weighted by Gasteiger charge is 2.24. The predicted octanol–water partition coefficient (Wildman–Crippen LogP) is 0.672. The zero-order valence-electron chi connectivity index (χ0n) is 10.6. The molecule has 0 radical (unpaired) electrons. The zero-order chi connectivity index (χ0) is 14.8. The third-order valence-electron chi connectivity index (χ3n) is 2.92. The van der Waals surface area contributed by atoms with Gasteiger partial charge in [0.15, 0.2) is 9.84 Å². The fourth-order valence-corrected chi connectivity index (χ4v) is 3.41. The molecule has 1 aliphatic heterocycles. The van der Waals surface area contributed by atoms with Gasteiger partial charge in [-0.3, -0.25) is 9.59 Å². The third-order valence-corrected chi connectivity index (χ3v) is 4.38. The van der Waals surface area contributed by atoms with E-state index in [1.807, 2.05) is 0 Å². The number of nitrogens with one attached hydrogen (secondary N) is 1. The second kappa shape index (κ2) is 5.46. The van der Waals surface area contributed by atoms with E-state index in [0.29, 0.717) is 5.69 Å². The summed E-state index contributed by atoms with van der Waals surface area (Å²) in [5, 5.41) is 3.70. The summed E-state index contributed by atoms with van der Waals surface area (Å²) in [7, 11) is -3.17. The van der Waals surface area contributed by atoms with Gasteiger partial charge in [0.2, 0.25) is 5.91 Å². The molecule has 0 saturated heterocycles. The average molecular weight is 294 g/mol. The molecule has 0 aromatic heterocycles. The Labute approximate surface area is 116 Å². The maximum absolute atomic E-state index is 11.9. The minimum Gasteiger partial charge on any atom is -0.366 e. The van der Waals surface area contributed by atoms with E-state index in [1.54, 1.807) is 18.2 Å². The first kappa shape index (κ1) is 14.3. The lowest BCUT2D eigenvalue weighted by atomic mass is 10.1.